The Morgan fingerprint density at radius 3 is 2.69 bits per heavy atom. The highest BCUT2D eigenvalue weighted by Gasteiger charge is 2.46. The molecular weight excluding hydrogens is 337 g/mol. The number of ether oxygens (including phenoxy) is 1. The Labute approximate surface area is 153 Å². The van der Waals surface area contributed by atoms with E-state index >= 15 is 0 Å². The van der Waals surface area contributed by atoms with Gasteiger partial charge in [0.15, 0.2) is 0 Å². The molecule has 0 radical (unpaired) electrons. The minimum absolute atomic E-state index is 0.0230. The first kappa shape index (κ1) is 18.5. The average Bonchev–Trinajstić information content (AvgIpc) is 2.50. The molecule has 0 aromatic heterocycles. The predicted octanol–water partition coefficient (Wildman–Crippen LogP) is 3.61. The van der Waals surface area contributed by atoms with Crippen LogP contribution in [0.2, 0.25) is 0 Å². The third-order valence-electron chi connectivity index (χ3n) is 4.91. The molecule has 1 aromatic rings. The molecule has 3 rings (SSSR count). The highest BCUT2D eigenvalue weighted by atomic mass is 19.1. The van der Waals surface area contributed by atoms with Crippen molar-refractivity contribution in [2.45, 2.75) is 45.8 Å². The maximum absolute atomic E-state index is 13.4. The standard InChI is InChI=1S/C19H26FN3O3/c1-12-5-6-14(20)9-15(12)21-17(24)23-10-13-7-8-22(11-16(13)23)18(25)26-19(2,3)4/h5-6,9,13,16H,7-8,10-11H2,1-4H3,(H,21,24). The number of carbonyl (C=O) groups excluding carboxylic acids is 2. The molecular formula is C19H26FN3O3. The number of amides is 3. The Hall–Kier alpha value is -2.31. The van der Waals surface area contributed by atoms with Crippen LogP contribution in [-0.2, 0) is 4.74 Å². The number of halogens is 1. The Morgan fingerprint density at radius 1 is 1.27 bits per heavy atom. The zero-order chi connectivity index (χ0) is 19.1. The highest BCUT2D eigenvalue weighted by Crippen LogP contribution is 2.33. The lowest BCUT2D eigenvalue weighted by molar-refractivity contribution is -0.0282. The first-order valence-corrected chi connectivity index (χ1v) is 8.96. The van der Waals surface area contributed by atoms with E-state index in [1.165, 1.54) is 12.1 Å². The molecule has 2 atom stereocenters. The van der Waals surface area contributed by atoms with Crippen molar-refractivity contribution in [3.63, 3.8) is 0 Å². The molecule has 2 aliphatic heterocycles. The van der Waals surface area contributed by atoms with Crippen molar-refractivity contribution in [3.8, 4) is 0 Å². The van der Waals surface area contributed by atoms with Crippen molar-refractivity contribution in [2.75, 3.05) is 25.0 Å². The van der Waals surface area contributed by atoms with E-state index in [0.29, 0.717) is 31.2 Å². The lowest BCUT2D eigenvalue weighted by Crippen LogP contribution is -2.67. The number of nitrogens with one attached hydrogen (secondary N) is 1. The molecule has 0 aliphatic carbocycles. The van der Waals surface area contributed by atoms with Crippen molar-refractivity contribution in [3.05, 3.63) is 29.6 Å². The van der Waals surface area contributed by atoms with E-state index in [2.05, 4.69) is 5.32 Å². The number of nitrogens with zero attached hydrogens (tertiary/aromatic N) is 2. The smallest absolute Gasteiger partial charge is 0.410 e. The number of aryl methyl sites for hydroxylation is 1. The van der Waals surface area contributed by atoms with E-state index in [1.807, 2.05) is 27.7 Å². The van der Waals surface area contributed by atoms with Gasteiger partial charge in [-0.25, -0.2) is 14.0 Å². The summed E-state index contributed by atoms with van der Waals surface area (Å²) in [4.78, 5) is 28.2. The number of piperidine rings is 1. The fourth-order valence-corrected chi connectivity index (χ4v) is 3.44. The van der Waals surface area contributed by atoms with Gasteiger partial charge in [0.25, 0.3) is 0 Å². The van der Waals surface area contributed by atoms with Crippen molar-refractivity contribution in [1.82, 2.24) is 9.80 Å². The van der Waals surface area contributed by atoms with Gasteiger partial charge in [-0.2, -0.15) is 0 Å². The van der Waals surface area contributed by atoms with Crippen molar-refractivity contribution in [1.29, 1.82) is 0 Å². The number of rotatable bonds is 1. The third-order valence-corrected chi connectivity index (χ3v) is 4.91. The molecule has 1 N–H and O–H groups in total. The van der Waals surface area contributed by atoms with E-state index in [1.54, 1.807) is 15.9 Å². The molecule has 2 unspecified atom stereocenters. The van der Waals surface area contributed by atoms with Gasteiger partial charge in [-0.05, 0) is 51.8 Å². The van der Waals surface area contributed by atoms with Crippen LogP contribution in [0.5, 0.6) is 0 Å². The molecule has 0 spiro atoms. The number of fused-ring (bicyclic) bond motifs is 1. The SMILES string of the molecule is Cc1ccc(F)cc1NC(=O)N1CC2CCN(C(=O)OC(C)(C)C)CC21. The Morgan fingerprint density at radius 2 is 2.00 bits per heavy atom. The summed E-state index contributed by atoms with van der Waals surface area (Å²) in [6.45, 7) is 9.10. The van der Waals surface area contributed by atoms with Gasteiger partial charge in [-0.15, -0.1) is 0 Å². The Kier molecular flexibility index (Phi) is 4.82. The first-order valence-electron chi connectivity index (χ1n) is 8.96. The molecule has 3 amide bonds. The normalized spacial score (nSPS) is 22.3. The molecule has 2 saturated heterocycles. The largest absolute Gasteiger partial charge is 0.444 e. The molecule has 6 nitrogen and oxygen atoms in total. The zero-order valence-electron chi connectivity index (χ0n) is 15.7. The van der Waals surface area contributed by atoms with Crippen molar-refractivity contribution >= 4 is 17.8 Å². The fraction of sp³-hybridized carbons (Fsp3) is 0.579. The number of hydrogen-bond acceptors (Lipinski definition) is 3. The van der Waals surface area contributed by atoms with E-state index in [4.69, 9.17) is 4.74 Å². The molecule has 0 saturated carbocycles. The number of carbonyl (C=O) groups is 2. The van der Waals surface area contributed by atoms with Crippen LogP contribution in [-0.4, -0.2) is 53.2 Å². The summed E-state index contributed by atoms with van der Waals surface area (Å²) < 4.78 is 18.8. The van der Waals surface area contributed by atoms with E-state index in [0.717, 1.165) is 12.0 Å². The van der Waals surface area contributed by atoms with Crippen LogP contribution in [0.3, 0.4) is 0 Å². The first-order chi connectivity index (χ1) is 12.1. The average molecular weight is 363 g/mol. The molecule has 0 bridgehead atoms. The maximum Gasteiger partial charge on any atom is 0.410 e. The van der Waals surface area contributed by atoms with Gasteiger partial charge in [-0.3, -0.25) is 0 Å². The lowest BCUT2D eigenvalue weighted by atomic mass is 9.82. The van der Waals surface area contributed by atoms with E-state index < -0.39 is 5.60 Å². The zero-order valence-corrected chi connectivity index (χ0v) is 15.7. The van der Waals surface area contributed by atoms with Crippen LogP contribution >= 0.6 is 0 Å². The van der Waals surface area contributed by atoms with Gasteiger partial charge in [-0.1, -0.05) is 6.07 Å². The van der Waals surface area contributed by atoms with E-state index in [-0.39, 0.29) is 24.0 Å². The second-order valence-electron chi connectivity index (χ2n) is 8.08. The van der Waals surface area contributed by atoms with Gasteiger partial charge in [0.1, 0.15) is 11.4 Å². The molecule has 7 heteroatoms. The molecule has 2 fully saturated rings. The summed E-state index contributed by atoms with van der Waals surface area (Å²) in [7, 11) is 0. The fourth-order valence-electron chi connectivity index (χ4n) is 3.44. The summed E-state index contributed by atoms with van der Waals surface area (Å²) in [5, 5.41) is 2.78. The van der Waals surface area contributed by atoms with Crippen molar-refractivity contribution in [2.24, 2.45) is 5.92 Å². The summed E-state index contributed by atoms with van der Waals surface area (Å²) in [5.74, 6) is 0.00852. The third kappa shape index (κ3) is 3.92. The summed E-state index contributed by atoms with van der Waals surface area (Å²) in [6, 6.07) is 4.04. The number of urea groups is 1. The molecule has 26 heavy (non-hydrogen) atoms. The number of likely N-dealkylation sites (tertiary alicyclic amines) is 2. The highest BCUT2D eigenvalue weighted by molar-refractivity contribution is 5.91. The minimum atomic E-state index is -0.542. The quantitative estimate of drug-likeness (QED) is 0.829. The summed E-state index contributed by atoms with van der Waals surface area (Å²) in [6.07, 6.45) is 0.511. The molecule has 2 heterocycles. The Bertz CT molecular complexity index is 716. The molecule has 2 aliphatic rings. The van der Waals surface area contributed by atoms with Gasteiger partial charge < -0.3 is 19.9 Å². The second-order valence-corrected chi connectivity index (χ2v) is 8.08. The summed E-state index contributed by atoms with van der Waals surface area (Å²) in [5.41, 5.74) is 0.730. The van der Waals surface area contributed by atoms with Crippen LogP contribution in [0.25, 0.3) is 0 Å². The lowest BCUT2D eigenvalue weighted by Gasteiger charge is -2.53. The van der Waals surface area contributed by atoms with Gasteiger partial charge >= 0.3 is 12.1 Å². The maximum atomic E-state index is 13.4. The van der Waals surface area contributed by atoms with E-state index in [9.17, 15) is 14.0 Å². The topological polar surface area (TPSA) is 61.9 Å². The van der Waals surface area contributed by atoms with Gasteiger partial charge in [0, 0.05) is 31.2 Å². The number of hydrogen-bond donors (Lipinski definition) is 1. The number of benzene rings is 1. The van der Waals surface area contributed by atoms with Crippen LogP contribution in [0.15, 0.2) is 18.2 Å². The second kappa shape index (κ2) is 6.78. The number of anilines is 1. The summed E-state index contributed by atoms with van der Waals surface area (Å²) >= 11 is 0. The van der Waals surface area contributed by atoms with Crippen LogP contribution in [0.4, 0.5) is 19.7 Å². The van der Waals surface area contributed by atoms with Crippen LogP contribution in [0.1, 0.15) is 32.8 Å². The van der Waals surface area contributed by atoms with Crippen molar-refractivity contribution < 1.29 is 18.7 Å². The molecule has 142 valence electrons. The van der Waals surface area contributed by atoms with Crippen LogP contribution < -0.4 is 5.32 Å². The monoisotopic (exact) mass is 363 g/mol. The predicted molar refractivity (Wildman–Crippen MR) is 96.6 cm³/mol. The van der Waals surface area contributed by atoms with Gasteiger partial charge in [0.2, 0.25) is 0 Å². The Balaban J connectivity index is 1.62. The minimum Gasteiger partial charge on any atom is -0.444 e. The van der Waals surface area contributed by atoms with Gasteiger partial charge in [0.05, 0.1) is 6.04 Å². The van der Waals surface area contributed by atoms with Crippen LogP contribution in [0, 0.1) is 18.7 Å². The molecule has 1 aromatic carbocycles.